The number of hydrogen-bond acceptors (Lipinski definition) is 4. The van der Waals surface area contributed by atoms with Crippen LogP contribution in [0.5, 0.6) is 0 Å². The molecule has 0 amide bonds. The summed E-state index contributed by atoms with van der Waals surface area (Å²) < 4.78 is 5.14. The number of para-hydroxylation sites is 1. The van der Waals surface area contributed by atoms with E-state index in [1.165, 1.54) is 12.4 Å². The predicted molar refractivity (Wildman–Crippen MR) is 70.2 cm³/mol. The van der Waals surface area contributed by atoms with Crippen LogP contribution < -0.4 is 5.63 Å². The second-order valence-corrected chi connectivity index (χ2v) is 4.05. The largest absolute Gasteiger partial charge is 0.422 e. The van der Waals surface area contributed by atoms with E-state index >= 15 is 0 Å². The molecule has 0 spiro atoms. The van der Waals surface area contributed by atoms with Crippen LogP contribution in [0.4, 0.5) is 0 Å². The molecule has 2 heterocycles. The Morgan fingerprint density at radius 3 is 2.58 bits per heavy atom. The fraction of sp³-hybridized carbons (Fsp3) is 0. The van der Waals surface area contributed by atoms with Crippen molar-refractivity contribution >= 4 is 16.8 Å². The minimum Gasteiger partial charge on any atom is -0.422 e. The van der Waals surface area contributed by atoms with Gasteiger partial charge in [0.25, 0.3) is 0 Å². The minimum atomic E-state index is -0.625. The Bertz CT molecular complexity index is 806. The highest BCUT2D eigenvalue weighted by Gasteiger charge is 2.15. The van der Waals surface area contributed by atoms with Gasteiger partial charge in [0.1, 0.15) is 11.1 Å². The van der Waals surface area contributed by atoms with Crippen molar-refractivity contribution in [1.29, 1.82) is 0 Å². The maximum Gasteiger partial charge on any atom is 0.347 e. The van der Waals surface area contributed by atoms with Gasteiger partial charge in [-0.3, -0.25) is 9.78 Å². The molecule has 1 aromatic carbocycles. The lowest BCUT2D eigenvalue weighted by atomic mass is 10.1. The summed E-state index contributed by atoms with van der Waals surface area (Å²) in [5, 5.41) is 0.722. The van der Waals surface area contributed by atoms with Gasteiger partial charge in [-0.25, -0.2) is 4.79 Å². The van der Waals surface area contributed by atoms with Crippen molar-refractivity contribution in [3.05, 3.63) is 76.4 Å². The number of pyridine rings is 1. The van der Waals surface area contributed by atoms with E-state index in [0.717, 1.165) is 5.39 Å². The molecule has 3 aromatic rings. The van der Waals surface area contributed by atoms with Crippen molar-refractivity contribution in [2.45, 2.75) is 0 Å². The molecule has 4 heteroatoms. The zero-order valence-corrected chi connectivity index (χ0v) is 9.87. The van der Waals surface area contributed by atoms with Crippen LogP contribution in [-0.2, 0) is 0 Å². The smallest absolute Gasteiger partial charge is 0.347 e. The molecule has 0 saturated carbocycles. The summed E-state index contributed by atoms with van der Waals surface area (Å²) in [6.45, 7) is 0. The van der Waals surface area contributed by atoms with Crippen molar-refractivity contribution in [2.24, 2.45) is 0 Å². The van der Waals surface area contributed by atoms with Gasteiger partial charge in [-0.2, -0.15) is 0 Å². The number of fused-ring (bicyclic) bond motifs is 1. The van der Waals surface area contributed by atoms with Crippen molar-refractivity contribution in [1.82, 2.24) is 4.98 Å². The SMILES string of the molecule is O=C(c1ccncc1)c1cc2ccccc2oc1=O. The topological polar surface area (TPSA) is 60.2 Å². The highest BCUT2D eigenvalue weighted by molar-refractivity contribution is 6.09. The summed E-state index contributed by atoms with van der Waals surface area (Å²) in [4.78, 5) is 27.9. The van der Waals surface area contributed by atoms with E-state index in [1.54, 1.807) is 36.4 Å². The van der Waals surface area contributed by atoms with Gasteiger partial charge in [0.05, 0.1) is 0 Å². The molecule has 0 N–H and O–H groups in total. The molecule has 0 radical (unpaired) electrons. The number of aromatic nitrogens is 1. The van der Waals surface area contributed by atoms with Crippen LogP contribution in [0, 0.1) is 0 Å². The van der Waals surface area contributed by atoms with Gasteiger partial charge in [-0.1, -0.05) is 18.2 Å². The Labute approximate surface area is 108 Å². The van der Waals surface area contributed by atoms with E-state index in [0.29, 0.717) is 11.1 Å². The average molecular weight is 251 g/mol. The molecule has 0 saturated heterocycles. The molecule has 3 rings (SSSR count). The van der Waals surface area contributed by atoms with Crippen LogP contribution in [0.2, 0.25) is 0 Å². The third-order valence-corrected chi connectivity index (χ3v) is 2.83. The van der Waals surface area contributed by atoms with Crippen LogP contribution >= 0.6 is 0 Å². The number of carbonyl (C=O) groups excluding carboxylic acids is 1. The third-order valence-electron chi connectivity index (χ3n) is 2.83. The minimum absolute atomic E-state index is 0.0323. The first kappa shape index (κ1) is 11.3. The van der Waals surface area contributed by atoms with Crippen LogP contribution in [0.25, 0.3) is 11.0 Å². The first-order valence-electron chi connectivity index (χ1n) is 5.73. The lowest BCUT2D eigenvalue weighted by Crippen LogP contribution is -2.14. The lowest BCUT2D eigenvalue weighted by molar-refractivity contribution is 0.103. The van der Waals surface area contributed by atoms with E-state index in [2.05, 4.69) is 4.98 Å². The number of hydrogen-bond donors (Lipinski definition) is 0. The second-order valence-electron chi connectivity index (χ2n) is 4.05. The van der Waals surface area contributed by atoms with Crippen molar-refractivity contribution < 1.29 is 9.21 Å². The molecule has 0 aliphatic carbocycles. The third kappa shape index (κ3) is 2.04. The van der Waals surface area contributed by atoms with Crippen molar-refractivity contribution in [2.75, 3.05) is 0 Å². The average Bonchev–Trinajstić information content (AvgIpc) is 2.47. The van der Waals surface area contributed by atoms with Crippen LogP contribution in [0.15, 0.2) is 64.1 Å². The first-order valence-corrected chi connectivity index (χ1v) is 5.73. The molecule has 0 fully saturated rings. The van der Waals surface area contributed by atoms with E-state index in [4.69, 9.17) is 4.42 Å². The van der Waals surface area contributed by atoms with Crippen LogP contribution in [-0.4, -0.2) is 10.8 Å². The molecule has 4 nitrogen and oxygen atoms in total. The molecule has 0 aliphatic rings. The summed E-state index contributed by atoms with van der Waals surface area (Å²) in [7, 11) is 0. The highest BCUT2D eigenvalue weighted by Crippen LogP contribution is 2.14. The number of ketones is 1. The second kappa shape index (κ2) is 4.49. The Kier molecular flexibility index (Phi) is 2.68. The predicted octanol–water partition coefficient (Wildman–Crippen LogP) is 2.42. The molecule has 19 heavy (non-hydrogen) atoms. The fourth-order valence-corrected chi connectivity index (χ4v) is 1.88. The molecule has 92 valence electrons. The molecule has 2 aromatic heterocycles. The summed E-state index contributed by atoms with van der Waals surface area (Å²) in [6.07, 6.45) is 3.02. The van der Waals surface area contributed by atoms with E-state index in [1.807, 2.05) is 6.07 Å². The number of benzene rings is 1. The first-order chi connectivity index (χ1) is 9.25. The maximum absolute atomic E-state index is 12.2. The maximum atomic E-state index is 12.2. The number of carbonyl (C=O) groups is 1. The Hall–Kier alpha value is -2.75. The molecular weight excluding hydrogens is 242 g/mol. The molecule has 0 bridgehead atoms. The molecule has 0 aliphatic heterocycles. The zero-order chi connectivity index (χ0) is 13.2. The Morgan fingerprint density at radius 1 is 1.05 bits per heavy atom. The van der Waals surface area contributed by atoms with Gasteiger partial charge < -0.3 is 4.42 Å². The normalized spacial score (nSPS) is 10.5. The quantitative estimate of drug-likeness (QED) is 0.518. The Balaban J connectivity index is 2.18. The van der Waals surface area contributed by atoms with E-state index in [9.17, 15) is 9.59 Å². The molecular formula is C15H9NO3. The van der Waals surface area contributed by atoms with Gasteiger partial charge >= 0.3 is 5.63 Å². The van der Waals surface area contributed by atoms with Crippen molar-refractivity contribution in [3.63, 3.8) is 0 Å². The van der Waals surface area contributed by atoms with E-state index < -0.39 is 5.63 Å². The lowest BCUT2D eigenvalue weighted by Gasteiger charge is -2.01. The van der Waals surface area contributed by atoms with Gasteiger partial charge in [0, 0.05) is 23.3 Å². The molecule has 0 atom stereocenters. The standard InChI is InChI=1S/C15H9NO3/c17-14(10-5-7-16-8-6-10)12-9-11-3-1-2-4-13(11)19-15(12)18/h1-9H. The fourth-order valence-electron chi connectivity index (χ4n) is 1.88. The highest BCUT2D eigenvalue weighted by atomic mass is 16.4. The van der Waals surface area contributed by atoms with E-state index in [-0.39, 0.29) is 11.3 Å². The van der Waals surface area contributed by atoms with Gasteiger partial charge in [-0.05, 0) is 24.3 Å². The van der Waals surface area contributed by atoms with Gasteiger partial charge in [0.2, 0.25) is 0 Å². The van der Waals surface area contributed by atoms with Crippen LogP contribution in [0.1, 0.15) is 15.9 Å². The number of nitrogens with zero attached hydrogens (tertiary/aromatic N) is 1. The number of rotatable bonds is 2. The zero-order valence-electron chi connectivity index (χ0n) is 9.87. The summed E-state index contributed by atoms with van der Waals surface area (Å²) in [5.41, 5.74) is 0.293. The van der Waals surface area contributed by atoms with Gasteiger partial charge in [0.15, 0.2) is 5.78 Å². The molecule has 0 unspecified atom stereocenters. The monoisotopic (exact) mass is 251 g/mol. The summed E-state index contributed by atoms with van der Waals surface area (Å²) in [5.74, 6) is -0.359. The summed E-state index contributed by atoms with van der Waals surface area (Å²) >= 11 is 0. The summed E-state index contributed by atoms with van der Waals surface area (Å²) in [6, 6.07) is 11.8. The van der Waals surface area contributed by atoms with Crippen LogP contribution in [0.3, 0.4) is 0 Å². The van der Waals surface area contributed by atoms with Gasteiger partial charge in [-0.15, -0.1) is 0 Å². The van der Waals surface area contributed by atoms with Crippen molar-refractivity contribution in [3.8, 4) is 0 Å². The Morgan fingerprint density at radius 2 is 1.79 bits per heavy atom.